The van der Waals surface area contributed by atoms with Gasteiger partial charge in [0.05, 0.1) is 5.03 Å². The first-order chi connectivity index (χ1) is 5.20. The van der Waals surface area contributed by atoms with Crippen molar-refractivity contribution in [3.63, 3.8) is 0 Å². The minimum atomic E-state index is -0.505. The van der Waals surface area contributed by atoms with Gasteiger partial charge in [-0.15, -0.1) is 0 Å². The summed E-state index contributed by atoms with van der Waals surface area (Å²) in [5, 5.41) is 0.402. The average Bonchev–Trinajstić information content (AvgIpc) is 2.44. The molecule has 0 radical (unpaired) electrons. The van der Waals surface area contributed by atoms with E-state index in [1.807, 2.05) is 0 Å². The Balaban J connectivity index is 2.49. The molecule has 11 heavy (non-hydrogen) atoms. The number of carbonyl (C=O) groups is 1. The van der Waals surface area contributed by atoms with E-state index in [4.69, 9.17) is 27.9 Å². The zero-order chi connectivity index (χ0) is 8.01. The second kappa shape index (κ2) is 2.34. The Labute approximate surface area is 73.4 Å². The van der Waals surface area contributed by atoms with Crippen LogP contribution in [0.25, 0.3) is 0 Å². The molecule has 0 aliphatic carbocycles. The Morgan fingerprint density at radius 1 is 1.27 bits per heavy atom. The lowest BCUT2D eigenvalue weighted by molar-refractivity contribution is -0.124. The normalized spacial score (nSPS) is 35.3. The number of hydrogen-bond donors (Lipinski definition) is 0. The number of ether oxygens (including phenoxy) is 1. The van der Waals surface area contributed by atoms with Crippen molar-refractivity contribution in [2.75, 3.05) is 0 Å². The average molecular weight is 191 g/mol. The maximum absolute atomic E-state index is 11.1. The highest BCUT2D eigenvalue weighted by Gasteiger charge is 2.36. The molecule has 4 heteroatoms. The predicted octanol–water partition coefficient (Wildman–Crippen LogP) is 1.58. The molecule has 2 nitrogen and oxygen atoms in total. The monoisotopic (exact) mass is 190 g/mol. The maximum atomic E-state index is 11.1. The predicted molar refractivity (Wildman–Crippen MR) is 41.5 cm³/mol. The molecule has 0 N–H and O–H groups in total. The molecule has 2 heterocycles. The summed E-state index contributed by atoms with van der Waals surface area (Å²) in [4.78, 5) is 11.1. The van der Waals surface area contributed by atoms with Gasteiger partial charge in [-0.1, -0.05) is 29.3 Å². The summed E-state index contributed by atoms with van der Waals surface area (Å²) in [6.07, 6.45) is 2.60. The van der Waals surface area contributed by atoms with Crippen molar-refractivity contribution in [2.24, 2.45) is 0 Å². The van der Waals surface area contributed by atoms with Crippen molar-refractivity contribution in [3.8, 4) is 0 Å². The third-order valence-electron chi connectivity index (χ3n) is 1.69. The second-order valence-corrected chi connectivity index (χ2v) is 3.17. The fourth-order valence-electron chi connectivity index (χ4n) is 1.11. The van der Waals surface area contributed by atoms with Gasteiger partial charge in [-0.25, -0.2) is 0 Å². The second-order valence-electron chi connectivity index (χ2n) is 2.39. The van der Waals surface area contributed by atoms with Crippen molar-refractivity contribution >= 4 is 29.0 Å². The summed E-state index contributed by atoms with van der Waals surface area (Å²) in [5.41, 5.74) is 0. The highest BCUT2D eigenvalue weighted by atomic mass is 35.5. The molecule has 0 unspecified atom stereocenters. The number of halogens is 2. The molecule has 0 fully saturated rings. The zero-order valence-electron chi connectivity index (χ0n) is 5.38. The van der Waals surface area contributed by atoms with Gasteiger partial charge in [0, 0.05) is 0 Å². The molecular formula is C7H4Cl2O2. The topological polar surface area (TPSA) is 26.3 Å². The van der Waals surface area contributed by atoms with Gasteiger partial charge in [0.15, 0.2) is 0 Å². The Kier molecular flexibility index (Phi) is 1.56. The third-order valence-corrected chi connectivity index (χ3v) is 2.58. The summed E-state index contributed by atoms with van der Waals surface area (Å²) < 4.78 is 5.16. The molecule has 0 aromatic heterocycles. The smallest absolute Gasteiger partial charge is 0.208 e. The minimum Gasteiger partial charge on any atom is -0.353 e. The summed E-state index contributed by atoms with van der Waals surface area (Å²) >= 11 is 11.3. The van der Waals surface area contributed by atoms with E-state index in [-0.39, 0.29) is 16.9 Å². The number of hydrogen-bond acceptors (Lipinski definition) is 2. The van der Waals surface area contributed by atoms with Crippen LogP contribution in [0.15, 0.2) is 22.2 Å². The molecule has 0 spiro atoms. The molecule has 0 amide bonds. The summed E-state index contributed by atoms with van der Waals surface area (Å²) in [6, 6.07) is 0. The third kappa shape index (κ3) is 0.940. The van der Waals surface area contributed by atoms with Crippen LogP contribution in [0.2, 0.25) is 0 Å². The van der Waals surface area contributed by atoms with Crippen molar-refractivity contribution in [3.05, 3.63) is 22.2 Å². The maximum Gasteiger partial charge on any atom is 0.208 e. The molecular weight excluding hydrogens is 187 g/mol. The van der Waals surface area contributed by atoms with E-state index in [0.29, 0.717) is 5.03 Å². The molecule has 58 valence electrons. The van der Waals surface area contributed by atoms with Crippen LogP contribution in [0.4, 0.5) is 0 Å². The summed E-state index contributed by atoms with van der Waals surface area (Å²) in [7, 11) is 0. The first-order valence-electron chi connectivity index (χ1n) is 3.13. The SMILES string of the molecule is O=C1C(Cl)=C(Cl)[C@H]2C=C[C@@H]1O2. The van der Waals surface area contributed by atoms with Gasteiger partial charge in [-0.05, 0) is 6.08 Å². The molecule has 2 aliphatic rings. The Morgan fingerprint density at radius 2 is 1.91 bits per heavy atom. The van der Waals surface area contributed by atoms with Gasteiger partial charge < -0.3 is 4.74 Å². The lowest BCUT2D eigenvalue weighted by atomic mass is 10.2. The fraction of sp³-hybridized carbons (Fsp3) is 0.286. The molecule has 2 aliphatic heterocycles. The van der Waals surface area contributed by atoms with Crippen LogP contribution in [0.3, 0.4) is 0 Å². The van der Waals surface area contributed by atoms with Gasteiger partial charge in [-0.2, -0.15) is 0 Å². The van der Waals surface area contributed by atoms with Gasteiger partial charge in [0.1, 0.15) is 17.2 Å². The van der Waals surface area contributed by atoms with Crippen molar-refractivity contribution in [2.45, 2.75) is 12.2 Å². The van der Waals surface area contributed by atoms with E-state index in [0.717, 1.165) is 0 Å². The molecule has 2 atom stereocenters. The summed E-state index contributed by atoms with van der Waals surface area (Å²) in [5.74, 6) is -0.248. The first kappa shape index (κ1) is 7.35. The largest absolute Gasteiger partial charge is 0.353 e. The van der Waals surface area contributed by atoms with E-state index in [1.165, 1.54) is 0 Å². The molecule has 0 aromatic carbocycles. The molecule has 0 aromatic rings. The molecule has 0 saturated heterocycles. The Bertz CT molecular complexity index is 280. The zero-order valence-corrected chi connectivity index (χ0v) is 6.89. The number of carbonyl (C=O) groups excluding carboxylic acids is 1. The molecule has 2 rings (SSSR count). The van der Waals surface area contributed by atoms with Crippen LogP contribution in [0.1, 0.15) is 0 Å². The van der Waals surface area contributed by atoms with Crippen LogP contribution in [0.5, 0.6) is 0 Å². The van der Waals surface area contributed by atoms with Crippen LogP contribution < -0.4 is 0 Å². The Hall–Kier alpha value is -0.310. The standard InChI is InChI=1S/C7H4Cl2O2/c8-5-3-1-2-4(11-3)7(10)6(5)9/h1-4H/t3-,4+/m1/s1. The highest BCUT2D eigenvalue weighted by Crippen LogP contribution is 2.33. The number of fused-ring (bicyclic) bond motifs is 2. The lowest BCUT2D eigenvalue weighted by Gasteiger charge is -2.18. The van der Waals surface area contributed by atoms with Crippen LogP contribution in [-0.4, -0.2) is 18.0 Å². The van der Waals surface area contributed by atoms with E-state index in [1.54, 1.807) is 12.2 Å². The number of ketones is 1. The van der Waals surface area contributed by atoms with E-state index >= 15 is 0 Å². The van der Waals surface area contributed by atoms with Crippen LogP contribution >= 0.6 is 23.2 Å². The van der Waals surface area contributed by atoms with Gasteiger partial charge in [0.2, 0.25) is 5.78 Å². The van der Waals surface area contributed by atoms with Crippen molar-refractivity contribution < 1.29 is 9.53 Å². The summed E-state index contributed by atoms with van der Waals surface area (Å²) in [6.45, 7) is 0. The Morgan fingerprint density at radius 3 is 2.64 bits per heavy atom. The van der Waals surface area contributed by atoms with Crippen molar-refractivity contribution in [1.82, 2.24) is 0 Å². The number of rotatable bonds is 0. The van der Waals surface area contributed by atoms with E-state index in [2.05, 4.69) is 0 Å². The van der Waals surface area contributed by atoms with E-state index < -0.39 is 6.10 Å². The van der Waals surface area contributed by atoms with Crippen LogP contribution in [0, 0.1) is 0 Å². The van der Waals surface area contributed by atoms with Gasteiger partial charge in [-0.3, -0.25) is 4.79 Å². The minimum absolute atomic E-state index is 0.109. The van der Waals surface area contributed by atoms with E-state index in [9.17, 15) is 4.79 Å². The van der Waals surface area contributed by atoms with Gasteiger partial charge >= 0.3 is 0 Å². The lowest BCUT2D eigenvalue weighted by Crippen LogP contribution is -2.28. The van der Waals surface area contributed by atoms with Crippen molar-refractivity contribution in [1.29, 1.82) is 0 Å². The first-order valence-corrected chi connectivity index (χ1v) is 3.89. The molecule has 0 saturated carbocycles. The van der Waals surface area contributed by atoms with Crippen LogP contribution in [-0.2, 0) is 9.53 Å². The fourth-order valence-corrected chi connectivity index (χ4v) is 1.54. The quantitative estimate of drug-likeness (QED) is 0.543. The molecule has 2 bridgehead atoms. The van der Waals surface area contributed by atoms with Gasteiger partial charge in [0.25, 0.3) is 0 Å². The number of Topliss-reactive ketones (excluding diaryl/α,β-unsaturated/α-hetero) is 1. The highest BCUT2D eigenvalue weighted by molar-refractivity contribution is 6.49.